The minimum atomic E-state index is -0.465. The van der Waals surface area contributed by atoms with Gasteiger partial charge in [0.2, 0.25) is 0 Å². The van der Waals surface area contributed by atoms with Crippen LogP contribution in [0.3, 0.4) is 0 Å². The van der Waals surface area contributed by atoms with Crippen molar-refractivity contribution >= 4 is 31.9 Å². The second-order valence-corrected chi connectivity index (χ2v) is 8.67. The lowest BCUT2D eigenvalue weighted by molar-refractivity contribution is 0.397. The number of halogens is 2. The molecule has 0 atom stereocenters. The van der Waals surface area contributed by atoms with Crippen LogP contribution in [0.4, 0.5) is 0 Å². The summed E-state index contributed by atoms with van der Waals surface area (Å²) in [7, 11) is 0. The van der Waals surface area contributed by atoms with Gasteiger partial charge < -0.3 is 10.2 Å². The number of hydrogen-bond acceptors (Lipinski definition) is 2. The molecule has 0 heterocycles. The zero-order valence-electron chi connectivity index (χ0n) is 11.3. The van der Waals surface area contributed by atoms with Crippen molar-refractivity contribution < 1.29 is 10.2 Å². The van der Waals surface area contributed by atoms with Crippen molar-refractivity contribution in [2.75, 3.05) is 0 Å². The van der Waals surface area contributed by atoms with Crippen molar-refractivity contribution in [2.45, 2.75) is 55.1 Å². The molecule has 0 fully saturated rings. The molecule has 0 bridgehead atoms. The number of unbranched alkanes of at least 4 members (excludes halogenated alkanes) is 5. The fraction of sp³-hybridized carbons (Fsp3) is 0.600. The Balaban J connectivity index is 2.49. The van der Waals surface area contributed by atoms with Gasteiger partial charge in [0.05, 0.1) is 0 Å². The number of hydrogen-bond donors (Lipinski definition) is 2. The number of phenols is 2. The first-order valence-electron chi connectivity index (χ1n) is 6.88. The molecule has 0 spiro atoms. The van der Waals surface area contributed by atoms with E-state index in [0.717, 1.165) is 12.8 Å². The Morgan fingerprint density at radius 3 is 2.32 bits per heavy atom. The van der Waals surface area contributed by atoms with Gasteiger partial charge in [-0.05, 0) is 12.5 Å². The van der Waals surface area contributed by atoms with Crippen molar-refractivity contribution in [1.82, 2.24) is 0 Å². The Kier molecular flexibility index (Phi) is 7.22. The van der Waals surface area contributed by atoms with Gasteiger partial charge in [-0.15, -0.1) is 0 Å². The highest BCUT2D eigenvalue weighted by molar-refractivity contribution is 9.24. The van der Waals surface area contributed by atoms with E-state index >= 15 is 0 Å². The van der Waals surface area contributed by atoms with E-state index in [1.165, 1.54) is 38.2 Å². The third-order valence-electron chi connectivity index (χ3n) is 3.25. The fourth-order valence-electron chi connectivity index (χ4n) is 2.09. The van der Waals surface area contributed by atoms with Crippen LogP contribution in [0.15, 0.2) is 18.2 Å². The average Bonchev–Trinajstić information content (AvgIpc) is 2.36. The number of rotatable bonds is 8. The van der Waals surface area contributed by atoms with Crippen LogP contribution in [0.1, 0.15) is 57.4 Å². The summed E-state index contributed by atoms with van der Waals surface area (Å²) in [5.41, 5.74) is 0.682. The molecular weight excluding hydrogens is 372 g/mol. The van der Waals surface area contributed by atoms with Gasteiger partial charge >= 0.3 is 0 Å². The molecular formula is C15H22Br2O2. The largest absolute Gasteiger partial charge is 0.504 e. The summed E-state index contributed by atoms with van der Waals surface area (Å²) in [6.45, 7) is 2.21. The molecule has 0 radical (unpaired) electrons. The first-order valence-corrected chi connectivity index (χ1v) is 8.47. The third-order valence-corrected chi connectivity index (χ3v) is 4.90. The standard InChI is InChI=1S/C15H22Br2O2/c1-2-3-4-5-6-7-11-15(16,17)12-9-8-10-13(18)14(12)19/h8-10,18-19H,2-7,11H2,1H3. The minimum Gasteiger partial charge on any atom is -0.504 e. The van der Waals surface area contributed by atoms with Crippen molar-refractivity contribution in [3.63, 3.8) is 0 Å². The third kappa shape index (κ3) is 5.35. The van der Waals surface area contributed by atoms with Crippen LogP contribution in [0.5, 0.6) is 11.5 Å². The van der Waals surface area contributed by atoms with Crippen molar-refractivity contribution in [3.05, 3.63) is 23.8 Å². The molecule has 108 valence electrons. The molecule has 0 amide bonds. The Morgan fingerprint density at radius 1 is 1.00 bits per heavy atom. The number of alkyl halides is 2. The van der Waals surface area contributed by atoms with Crippen LogP contribution < -0.4 is 0 Å². The summed E-state index contributed by atoms with van der Waals surface area (Å²) < 4.78 is -0.465. The average molecular weight is 394 g/mol. The molecule has 4 heteroatoms. The lowest BCUT2D eigenvalue weighted by atomic mass is 10.0. The van der Waals surface area contributed by atoms with Crippen molar-refractivity contribution in [1.29, 1.82) is 0 Å². The van der Waals surface area contributed by atoms with Crippen LogP contribution in [-0.2, 0) is 3.23 Å². The molecule has 19 heavy (non-hydrogen) atoms. The summed E-state index contributed by atoms with van der Waals surface area (Å²) in [5.74, 6) is -0.133. The lowest BCUT2D eigenvalue weighted by Crippen LogP contribution is -2.09. The normalized spacial score (nSPS) is 11.7. The smallest absolute Gasteiger partial charge is 0.162 e. The van der Waals surface area contributed by atoms with Gasteiger partial charge in [0, 0.05) is 5.56 Å². The Hall–Kier alpha value is -0.220. The van der Waals surface area contributed by atoms with Crippen LogP contribution in [0, 0.1) is 0 Å². The Bertz CT molecular complexity index is 392. The molecule has 0 saturated heterocycles. The van der Waals surface area contributed by atoms with Crippen molar-refractivity contribution in [3.8, 4) is 11.5 Å². The number of phenolic OH excluding ortho intramolecular Hbond substituents is 2. The maximum absolute atomic E-state index is 9.90. The van der Waals surface area contributed by atoms with E-state index < -0.39 is 3.23 Å². The summed E-state index contributed by atoms with van der Waals surface area (Å²) in [6.07, 6.45) is 8.27. The molecule has 2 N–H and O–H groups in total. The van der Waals surface area contributed by atoms with Gasteiger partial charge in [-0.1, -0.05) is 89.4 Å². The van der Waals surface area contributed by atoms with Crippen molar-refractivity contribution in [2.24, 2.45) is 0 Å². The molecule has 2 nitrogen and oxygen atoms in total. The number of para-hydroxylation sites is 1. The highest BCUT2D eigenvalue weighted by Gasteiger charge is 2.28. The van der Waals surface area contributed by atoms with Crippen LogP contribution in [0.25, 0.3) is 0 Å². The summed E-state index contributed by atoms with van der Waals surface area (Å²) >= 11 is 7.21. The number of aromatic hydroxyl groups is 2. The highest BCUT2D eigenvalue weighted by atomic mass is 79.9. The van der Waals surface area contributed by atoms with Crippen LogP contribution in [0.2, 0.25) is 0 Å². The van der Waals surface area contributed by atoms with Gasteiger partial charge in [0.1, 0.15) is 3.23 Å². The lowest BCUT2D eigenvalue weighted by Gasteiger charge is -2.22. The molecule has 0 saturated carbocycles. The predicted molar refractivity (Wildman–Crippen MR) is 87.3 cm³/mol. The quantitative estimate of drug-likeness (QED) is 0.333. The van der Waals surface area contributed by atoms with E-state index in [4.69, 9.17) is 0 Å². The molecule has 0 aromatic heterocycles. The molecule has 0 aliphatic carbocycles. The molecule has 0 aliphatic rings. The molecule has 1 aromatic carbocycles. The van der Waals surface area contributed by atoms with Gasteiger partial charge in [-0.25, -0.2) is 0 Å². The maximum Gasteiger partial charge on any atom is 0.162 e. The number of benzene rings is 1. The molecule has 1 rings (SSSR count). The fourth-order valence-corrected chi connectivity index (χ4v) is 3.29. The highest BCUT2D eigenvalue weighted by Crippen LogP contribution is 2.48. The topological polar surface area (TPSA) is 40.5 Å². The van der Waals surface area contributed by atoms with Gasteiger partial charge in [-0.2, -0.15) is 0 Å². The zero-order chi connectivity index (χ0) is 14.3. The summed E-state index contributed by atoms with van der Waals surface area (Å²) in [5, 5.41) is 19.4. The van der Waals surface area contributed by atoms with E-state index in [-0.39, 0.29) is 11.5 Å². The Labute approximate surface area is 132 Å². The second-order valence-electron chi connectivity index (χ2n) is 4.90. The minimum absolute atomic E-state index is 0.0535. The van der Waals surface area contributed by atoms with Crippen LogP contribution >= 0.6 is 31.9 Å². The summed E-state index contributed by atoms with van der Waals surface area (Å²) in [6, 6.07) is 5.04. The van der Waals surface area contributed by atoms with E-state index in [0.29, 0.717) is 5.56 Å². The first-order chi connectivity index (χ1) is 8.99. The summed E-state index contributed by atoms with van der Waals surface area (Å²) in [4.78, 5) is 0. The van der Waals surface area contributed by atoms with E-state index in [9.17, 15) is 10.2 Å². The monoisotopic (exact) mass is 392 g/mol. The van der Waals surface area contributed by atoms with E-state index in [1.54, 1.807) is 6.07 Å². The molecule has 0 aliphatic heterocycles. The van der Waals surface area contributed by atoms with Gasteiger partial charge in [0.15, 0.2) is 11.5 Å². The van der Waals surface area contributed by atoms with E-state index in [1.807, 2.05) is 6.07 Å². The van der Waals surface area contributed by atoms with E-state index in [2.05, 4.69) is 38.8 Å². The van der Waals surface area contributed by atoms with Gasteiger partial charge in [0.25, 0.3) is 0 Å². The zero-order valence-corrected chi connectivity index (χ0v) is 14.5. The SMILES string of the molecule is CCCCCCCCC(Br)(Br)c1cccc(O)c1O. The van der Waals surface area contributed by atoms with Crippen LogP contribution in [-0.4, -0.2) is 10.2 Å². The second kappa shape index (κ2) is 8.15. The molecule has 1 aromatic rings. The Morgan fingerprint density at radius 2 is 1.63 bits per heavy atom. The predicted octanol–water partition coefficient (Wildman–Crippen LogP) is 5.79. The van der Waals surface area contributed by atoms with Gasteiger partial charge in [-0.3, -0.25) is 0 Å². The first kappa shape index (κ1) is 16.8. The molecule has 0 unspecified atom stereocenters. The maximum atomic E-state index is 9.90.